The fraction of sp³-hybridized carbons (Fsp3) is 0.389. The predicted octanol–water partition coefficient (Wildman–Crippen LogP) is 4.44. The molecule has 0 N–H and O–H groups in total. The van der Waals surface area contributed by atoms with Gasteiger partial charge in [-0.15, -0.1) is 13.2 Å². The highest BCUT2D eigenvalue weighted by atomic mass is 19.4. The van der Waals surface area contributed by atoms with Crippen molar-refractivity contribution in [1.29, 1.82) is 0 Å². The van der Waals surface area contributed by atoms with Gasteiger partial charge in [-0.2, -0.15) is 0 Å². The Bertz CT molecular complexity index is 636. The molecule has 1 aliphatic heterocycles. The zero-order chi connectivity index (χ0) is 17.0. The molecular formula is C18H19F3N2O. The Morgan fingerprint density at radius 1 is 1.04 bits per heavy atom. The van der Waals surface area contributed by atoms with Crippen molar-refractivity contribution in [1.82, 2.24) is 4.98 Å². The van der Waals surface area contributed by atoms with E-state index < -0.39 is 6.36 Å². The number of anilines is 1. The summed E-state index contributed by atoms with van der Waals surface area (Å²) in [5.41, 5.74) is 1.04. The minimum Gasteiger partial charge on any atom is -0.406 e. The highest BCUT2D eigenvalue weighted by molar-refractivity contribution is 5.38. The van der Waals surface area contributed by atoms with Crippen molar-refractivity contribution < 1.29 is 17.9 Å². The van der Waals surface area contributed by atoms with Gasteiger partial charge in [-0.1, -0.05) is 18.2 Å². The number of nitrogens with zero attached hydrogens (tertiary/aromatic N) is 2. The number of hydrogen-bond donors (Lipinski definition) is 0. The van der Waals surface area contributed by atoms with Crippen LogP contribution in [0.4, 0.5) is 19.0 Å². The highest BCUT2D eigenvalue weighted by Gasteiger charge is 2.31. The van der Waals surface area contributed by atoms with Crippen LogP contribution in [0.1, 0.15) is 18.4 Å². The standard InChI is InChI=1S/C18H19F3N2O/c19-18(20,21)24-16-6-4-14(5-7-16)13-15-8-11-23(12-9-15)17-3-1-2-10-22-17/h1-7,10,15H,8-9,11-13H2. The van der Waals surface area contributed by atoms with Gasteiger partial charge in [0.05, 0.1) is 0 Å². The molecule has 1 saturated heterocycles. The molecule has 1 aliphatic rings. The van der Waals surface area contributed by atoms with Gasteiger partial charge in [0, 0.05) is 19.3 Å². The van der Waals surface area contributed by atoms with E-state index in [1.54, 1.807) is 18.3 Å². The monoisotopic (exact) mass is 336 g/mol. The molecule has 3 nitrogen and oxygen atoms in total. The second kappa shape index (κ2) is 7.11. The predicted molar refractivity (Wildman–Crippen MR) is 86.0 cm³/mol. The molecule has 0 saturated carbocycles. The molecule has 0 atom stereocenters. The third-order valence-corrected chi connectivity index (χ3v) is 4.27. The van der Waals surface area contributed by atoms with Crippen LogP contribution in [0.3, 0.4) is 0 Å². The van der Waals surface area contributed by atoms with Gasteiger partial charge < -0.3 is 9.64 Å². The molecular weight excluding hydrogens is 317 g/mol. The van der Waals surface area contributed by atoms with E-state index in [1.165, 1.54) is 12.1 Å². The van der Waals surface area contributed by atoms with Crippen molar-refractivity contribution in [3.63, 3.8) is 0 Å². The first-order chi connectivity index (χ1) is 11.5. The molecule has 0 bridgehead atoms. The minimum atomic E-state index is -4.64. The smallest absolute Gasteiger partial charge is 0.406 e. The molecule has 6 heteroatoms. The van der Waals surface area contributed by atoms with Crippen molar-refractivity contribution in [2.75, 3.05) is 18.0 Å². The van der Waals surface area contributed by atoms with Crippen molar-refractivity contribution in [3.05, 3.63) is 54.2 Å². The van der Waals surface area contributed by atoms with Crippen LogP contribution in [-0.4, -0.2) is 24.4 Å². The molecule has 2 aromatic rings. The molecule has 0 amide bonds. The highest BCUT2D eigenvalue weighted by Crippen LogP contribution is 2.27. The summed E-state index contributed by atoms with van der Waals surface area (Å²) in [6, 6.07) is 12.1. The molecule has 0 aliphatic carbocycles. The lowest BCUT2D eigenvalue weighted by atomic mass is 9.90. The van der Waals surface area contributed by atoms with E-state index in [4.69, 9.17) is 0 Å². The fourth-order valence-electron chi connectivity index (χ4n) is 3.07. The Morgan fingerprint density at radius 3 is 2.33 bits per heavy atom. The number of rotatable bonds is 4. The lowest BCUT2D eigenvalue weighted by Gasteiger charge is -2.32. The first-order valence-corrected chi connectivity index (χ1v) is 8.00. The molecule has 1 aromatic heterocycles. The molecule has 3 rings (SSSR count). The van der Waals surface area contributed by atoms with Gasteiger partial charge in [-0.05, 0) is 55.0 Å². The van der Waals surface area contributed by atoms with Crippen LogP contribution < -0.4 is 9.64 Å². The number of alkyl halides is 3. The van der Waals surface area contributed by atoms with Crippen LogP contribution in [0.2, 0.25) is 0 Å². The maximum atomic E-state index is 12.2. The number of benzene rings is 1. The van der Waals surface area contributed by atoms with Gasteiger partial charge >= 0.3 is 6.36 Å². The Morgan fingerprint density at radius 2 is 1.75 bits per heavy atom. The molecule has 0 unspecified atom stereocenters. The van der Waals surface area contributed by atoms with Gasteiger partial charge in [0.2, 0.25) is 0 Å². The van der Waals surface area contributed by atoms with E-state index in [9.17, 15) is 13.2 Å². The minimum absolute atomic E-state index is 0.170. The lowest BCUT2D eigenvalue weighted by Crippen LogP contribution is -2.34. The molecule has 1 aromatic carbocycles. The number of ether oxygens (including phenoxy) is 1. The van der Waals surface area contributed by atoms with Gasteiger partial charge in [-0.25, -0.2) is 4.98 Å². The van der Waals surface area contributed by atoms with Crippen LogP contribution in [0.25, 0.3) is 0 Å². The first-order valence-electron chi connectivity index (χ1n) is 8.00. The number of pyridine rings is 1. The van der Waals surface area contributed by atoms with Gasteiger partial charge in [0.1, 0.15) is 11.6 Å². The molecule has 1 fully saturated rings. The summed E-state index contributed by atoms with van der Waals surface area (Å²) < 4.78 is 40.4. The summed E-state index contributed by atoms with van der Waals surface area (Å²) in [6.07, 6.45) is 0.142. The second-order valence-electron chi connectivity index (χ2n) is 6.01. The van der Waals surface area contributed by atoms with E-state index in [0.29, 0.717) is 5.92 Å². The Hall–Kier alpha value is -2.24. The maximum absolute atomic E-state index is 12.2. The van der Waals surface area contributed by atoms with Crippen molar-refractivity contribution >= 4 is 5.82 Å². The summed E-state index contributed by atoms with van der Waals surface area (Å²) in [4.78, 5) is 6.65. The molecule has 2 heterocycles. The van der Waals surface area contributed by atoms with Crippen LogP contribution in [0.15, 0.2) is 48.7 Å². The Labute approximate surface area is 139 Å². The van der Waals surface area contributed by atoms with Gasteiger partial charge in [-0.3, -0.25) is 0 Å². The number of hydrogen-bond acceptors (Lipinski definition) is 3. The lowest BCUT2D eigenvalue weighted by molar-refractivity contribution is -0.274. The third kappa shape index (κ3) is 4.63. The van der Waals surface area contributed by atoms with E-state index in [-0.39, 0.29) is 5.75 Å². The molecule has 128 valence electrons. The Balaban J connectivity index is 1.51. The first kappa shape index (κ1) is 16.6. The fourth-order valence-corrected chi connectivity index (χ4v) is 3.07. The largest absolute Gasteiger partial charge is 0.573 e. The van der Waals surface area contributed by atoms with Crippen LogP contribution in [0.5, 0.6) is 5.75 Å². The topological polar surface area (TPSA) is 25.4 Å². The summed E-state index contributed by atoms with van der Waals surface area (Å²) in [7, 11) is 0. The summed E-state index contributed by atoms with van der Waals surface area (Å²) >= 11 is 0. The van der Waals surface area contributed by atoms with E-state index in [1.807, 2.05) is 18.2 Å². The number of piperidine rings is 1. The quantitative estimate of drug-likeness (QED) is 0.825. The normalized spacial score (nSPS) is 16.2. The molecule has 24 heavy (non-hydrogen) atoms. The average molecular weight is 336 g/mol. The summed E-state index contributed by atoms with van der Waals surface area (Å²) in [5.74, 6) is 1.38. The number of halogens is 3. The summed E-state index contributed by atoms with van der Waals surface area (Å²) in [5, 5.41) is 0. The molecule has 0 radical (unpaired) electrons. The van der Waals surface area contributed by atoms with Gasteiger partial charge in [0.15, 0.2) is 0 Å². The SMILES string of the molecule is FC(F)(F)Oc1ccc(CC2CCN(c3ccccn3)CC2)cc1. The van der Waals surface area contributed by atoms with Crippen molar-refractivity contribution in [2.24, 2.45) is 5.92 Å². The maximum Gasteiger partial charge on any atom is 0.573 e. The van der Waals surface area contributed by atoms with Crippen LogP contribution in [0, 0.1) is 5.92 Å². The summed E-state index contributed by atoms with van der Waals surface area (Å²) in [6.45, 7) is 1.91. The second-order valence-corrected chi connectivity index (χ2v) is 6.01. The Kier molecular flexibility index (Phi) is 4.92. The van der Waals surface area contributed by atoms with E-state index in [0.717, 1.165) is 43.7 Å². The van der Waals surface area contributed by atoms with Crippen LogP contribution >= 0.6 is 0 Å². The zero-order valence-corrected chi connectivity index (χ0v) is 13.2. The van der Waals surface area contributed by atoms with Crippen LogP contribution in [-0.2, 0) is 6.42 Å². The van der Waals surface area contributed by atoms with E-state index >= 15 is 0 Å². The van der Waals surface area contributed by atoms with Crippen molar-refractivity contribution in [3.8, 4) is 5.75 Å². The van der Waals surface area contributed by atoms with E-state index in [2.05, 4.69) is 14.6 Å². The van der Waals surface area contributed by atoms with Gasteiger partial charge in [0.25, 0.3) is 0 Å². The number of aromatic nitrogens is 1. The zero-order valence-electron chi connectivity index (χ0n) is 13.2. The van der Waals surface area contributed by atoms with Crippen molar-refractivity contribution in [2.45, 2.75) is 25.6 Å². The average Bonchev–Trinajstić information content (AvgIpc) is 2.57. The molecule has 0 spiro atoms. The third-order valence-electron chi connectivity index (χ3n) is 4.27.